The van der Waals surface area contributed by atoms with Crippen molar-refractivity contribution >= 4 is 11.6 Å². The molecule has 2 heterocycles. The van der Waals surface area contributed by atoms with E-state index < -0.39 is 0 Å². The molecule has 3 unspecified atom stereocenters. The SMILES string of the molecule is CNC1CC(Cl)N(CO)CC1n1cccc1. The molecule has 1 aromatic rings. The largest absolute Gasteiger partial charge is 0.381 e. The van der Waals surface area contributed by atoms with Crippen LogP contribution in [0, 0.1) is 0 Å². The zero-order valence-electron chi connectivity index (χ0n) is 9.38. The van der Waals surface area contributed by atoms with Gasteiger partial charge in [-0.3, -0.25) is 4.90 Å². The van der Waals surface area contributed by atoms with Gasteiger partial charge in [-0.25, -0.2) is 0 Å². The minimum absolute atomic E-state index is 0.0162. The average molecular weight is 244 g/mol. The topological polar surface area (TPSA) is 40.4 Å². The molecule has 1 aliphatic rings. The minimum atomic E-state index is -0.0886. The number of nitrogens with one attached hydrogen (secondary N) is 1. The van der Waals surface area contributed by atoms with E-state index in [1.54, 1.807) is 0 Å². The van der Waals surface area contributed by atoms with Gasteiger partial charge in [0.05, 0.1) is 18.3 Å². The van der Waals surface area contributed by atoms with E-state index in [0.29, 0.717) is 12.1 Å². The van der Waals surface area contributed by atoms with E-state index in [1.165, 1.54) is 0 Å². The van der Waals surface area contributed by atoms with Gasteiger partial charge in [-0.05, 0) is 25.6 Å². The summed E-state index contributed by atoms with van der Waals surface area (Å²) in [6, 6.07) is 4.70. The van der Waals surface area contributed by atoms with Crippen LogP contribution >= 0.6 is 11.6 Å². The van der Waals surface area contributed by atoms with Crippen LogP contribution < -0.4 is 5.32 Å². The van der Waals surface area contributed by atoms with Crippen LogP contribution in [0.1, 0.15) is 12.5 Å². The number of piperidine rings is 1. The van der Waals surface area contributed by atoms with Gasteiger partial charge in [0.25, 0.3) is 0 Å². The van der Waals surface area contributed by atoms with Crippen LogP contribution in [0.3, 0.4) is 0 Å². The number of hydrogen-bond donors (Lipinski definition) is 2. The molecule has 0 radical (unpaired) electrons. The summed E-state index contributed by atoms with van der Waals surface area (Å²) in [6.07, 6.45) is 4.94. The second kappa shape index (κ2) is 5.19. The third kappa shape index (κ3) is 2.25. The van der Waals surface area contributed by atoms with Crippen molar-refractivity contribution in [2.75, 3.05) is 20.3 Å². The van der Waals surface area contributed by atoms with Crippen LogP contribution in [0.2, 0.25) is 0 Å². The molecule has 16 heavy (non-hydrogen) atoms. The zero-order chi connectivity index (χ0) is 11.5. The van der Waals surface area contributed by atoms with E-state index in [2.05, 4.69) is 22.3 Å². The first-order valence-corrected chi connectivity index (χ1v) is 5.98. The average Bonchev–Trinajstić information content (AvgIpc) is 2.82. The van der Waals surface area contributed by atoms with E-state index >= 15 is 0 Å². The predicted octanol–water partition coefficient (Wildman–Crippen LogP) is 0.838. The fraction of sp³-hybridized carbons (Fsp3) is 0.636. The molecule has 0 aromatic carbocycles. The van der Waals surface area contributed by atoms with Crippen LogP contribution in [0.5, 0.6) is 0 Å². The normalized spacial score (nSPS) is 31.8. The molecule has 5 heteroatoms. The Bertz CT molecular complexity index is 317. The fourth-order valence-electron chi connectivity index (χ4n) is 2.33. The van der Waals surface area contributed by atoms with Gasteiger partial charge in [0.1, 0.15) is 0 Å². The van der Waals surface area contributed by atoms with Gasteiger partial charge in [-0.2, -0.15) is 0 Å². The number of alkyl halides is 1. The molecule has 90 valence electrons. The Balaban J connectivity index is 2.15. The van der Waals surface area contributed by atoms with Gasteiger partial charge < -0.3 is 15.0 Å². The Morgan fingerprint density at radius 3 is 2.69 bits per heavy atom. The van der Waals surface area contributed by atoms with Crippen LogP contribution in [-0.4, -0.2) is 46.4 Å². The lowest BCUT2D eigenvalue weighted by atomic mass is 9.99. The summed E-state index contributed by atoms with van der Waals surface area (Å²) in [6.45, 7) is 0.785. The highest BCUT2D eigenvalue weighted by Gasteiger charge is 2.34. The summed E-state index contributed by atoms with van der Waals surface area (Å²) < 4.78 is 2.17. The Hall–Kier alpha value is -0.550. The van der Waals surface area contributed by atoms with Crippen LogP contribution in [0.4, 0.5) is 0 Å². The number of likely N-dealkylation sites (tertiary alicyclic amines) is 1. The molecular weight excluding hydrogens is 226 g/mol. The maximum Gasteiger partial charge on any atom is 0.0968 e. The molecular formula is C11H18ClN3O. The standard InChI is InChI=1S/C11H18ClN3O/c1-13-9-6-11(12)15(8-16)7-10(9)14-4-2-3-5-14/h2-5,9-11,13,16H,6-8H2,1H3. The highest BCUT2D eigenvalue weighted by Crippen LogP contribution is 2.27. The molecule has 0 amide bonds. The van der Waals surface area contributed by atoms with Gasteiger partial charge in [0, 0.05) is 25.0 Å². The number of halogens is 1. The Morgan fingerprint density at radius 2 is 2.12 bits per heavy atom. The highest BCUT2D eigenvalue weighted by atomic mass is 35.5. The van der Waals surface area contributed by atoms with Gasteiger partial charge >= 0.3 is 0 Å². The lowest BCUT2D eigenvalue weighted by molar-refractivity contribution is 0.0412. The number of nitrogens with zero attached hydrogens (tertiary/aromatic N) is 2. The van der Waals surface area contributed by atoms with Gasteiger partial charge in [-0.1, -0.05) is 0 Å². The van der Waals surface area contributed by atoms with Crippen LogP contribution in [0.15, 0.2) is 24.5 Å². The summed E-state index contributed by atoms with van der Waals surface area (Å²) in [5.74, 6) is 0. The van der Waals surface area contributed by atoms with Crippen molar-refractivity contribution < 1.29 is 5.11 Å². The van der Waals surface area contributed by atoms with E-state index in [0.717, 1.165) is 13.0 Å². The Labute approximate surface area is 101 Å². The maximum atomic E-state index is 9.25. The third-order valence-electron chi connectivity index (χ3n) is 3.29. The van der Waals surface area contributed by atoms with E-state index in [-0.39, 0.29) is 12.2 Å². The summed E-state index contributed by atoms with van der Waals surface area (Å²) in [7, 11) is 1.96. The molecule has 1 fully saturated rings. The van der Waals surface area contributed by atoms with Crippen molar-refractivity contribution in [2.45, 2.75) is 24.0 Å². The number of aliphatic hydroxyl groups excluding tert-OH is 1. The highest BCUT2D eigenvalue weighted by molar-refractivity contribution is 6.20. The molecule has 3 atom stereocenters. The summed E-state index contributed by atoms with van der Waals surface area (Å²) in [5, 5.41) is 12.6. The van der Waals surface area contributed by atoms with Crippen LogP contribution in [0.25, 0.3) is 0 Å². The van der Waals surface area contributed by atoms with Gasteiger partial charge in [0.15, 0.2) is 0 Å². The third-order valence-corrected chi connectivity index (χ3v) is 3.75. The molecule has 0 aliphatic carbocycles. The van der Waals surface area contributed by atoms with E-state index in [4.69, 9.17) is 11.6 Å². The summed E-state index contributed by atoms with van der Waals surface area (Å²) >= 11 is 6.20. The molecule has 4 nitrogen and oxygen atoms in total. The fourth-order valence-corrected chi connectivity index (χ4v) is 2.66. The first-order valence-electron chi connectivity index (χ1n) is 5.55. The van der Waals surface area contributed by atoms with Crippen molar-refractivity contribution in [3.05, 3.63) is 24.5 Å². The zero-order valence-corrected chi connectivity index (χ0v) is 10.1. The van der Waals surface area contributed by atoms with Crippen molar-refractivity contribution in [1.29, 1.82) is 0 Å². The monoisotopic (exact) mass is 243 g/mol. The molecule has 0 bridgehead atoms. The molecule has 0 spiro atoms. The maximum absolute atomic E-state index is 9.25. The van der Waals surface area contributed by atoms with E-state index in [9.17, 15) is 5.11 Å². The first-order chi connectivity index (χ1) is 7.76. The molecule has 1 saturated heterocycles. The lowest BCUT2D eigenvalue weighted by Crippen LogP contribution is -2.52. The molecule has 1 aromatic heterocycles. The Morgan fingerprint density at radius 1 is 1.44 bits per heavy atom. The molecule has 2 N–H and O–H groups in total. The number of hydrogen-bond acceptors (Lipinski definition) is 3. The molecule has 2 rings (SSSR count). The minimum Gasteiger partial charge on any atom is -0.381 e. The number of rotatable bonds is 3. The van der Waals surface area contributed by atoms with Crippen molar-refractivity contribution in [3.63, 3.8) is 0 Å². The summed E-state index contributed by atoms with van der Waals surface area (Å²) in [4.78, 5) is 1.89. The van der Waals surface area contributed by atoms with Gasteiger partial charge in [-0.15, -0.1) is 11.6 Å². The Kier molecular flexibility index (Phi) is 3.86. The second-order valence-corrected chi connectivity index (χ2v) is 4.68. The smallest absolute Gasteiger partial charge is 0.0968 e. The number of likely N-dealkylation sites (N-methyl/N-ethyl adjacent to an activating group) is 1. The predicted molar refractivity (Wildman–Crippen MR) is 64.4 cm³/mol. The van der Waals surface area contributed by atoms with Crippen molar-refractivity contribution in [1.82, 2.24) is 14.8 Å². The molecule has 0 saturated carbocycles. The lowest BCUT2D eigenvalue weighted by Gasteiger charge is -2.41. The van der Waals surface area contributed by atoms with Crippen molar-refractivity contribution in [3.8, 4) is 0 Å². The van der Waals surface area contributed by atoms with E-state index in [1.807, 2.05) is 24.1 Å². The second-order valence-electron chi connectivity index (χ2n) is 4.18. The first kappa shape index (κ1) is 11.9. The quantitative estimate of drug-likeness (QED) is 0.611. The number of aromatic nitrogens is 1. The summed E-state index contributed by atoms with van der Waals surface area (Å²) in [5.41, 5.74) is -0.0886. The molecule has 1 aliphatic heterocycles. The van der Waals surface area contributed by atoms with Crippen molar-refractivity contribution in [2.24, 2.45) is 0 Å². The van der Waals surface area contributed by atoms with Crippen LogP contribution in [-0.2, 0) is 0 Å². The number of aliphatic hydroxyl groups is 1. The van der Waals surface area contributed by atoms with Gasteiger partial charge in [0.2, 0.25) is 0 Å².